The van der Waals surface area contributed by atoms with Crippen molar-refractivity contribution in [1.29, 1.82) is 0 Å². The number of carboxylic acids is 1. The molecule has 3 nitrogen and oxygen atoms in total. The van der Waals surface area contributed by atoms with Crippen molar-refractivity contribution in [3.05, 3.63) is 24.3 Å². The van der Waals surface area contributed by atoms with E-state index in [-0.39, 0.29) is 11.5 Å². The highest BCUT2D eigenvalue weighted by Crippen LogP contribution is 2.38. The SMILES string of the molecule is CCCCC(C)(C)C(O)CC[C@H]1CSC[C@H]1CC=CC/C=C\C(=O)O. The highest BCUT2D eigenvalue weighted by molar-refractivity contribution is 7.99. The Kier molecular flexibility index (Phi) is 10.5. The van der Waals surface area contributed by atoms with Crippen LogP contribution in [0.15, 0.2) is 24.3 Å². The van der Waals surface area contributed by atoms with Crippen LogP contribution in [0, 0.1) is 17.3 Å². The van der Waals surface area contributed by atoms with Crippen molar-refractivity contribution in [3.8, 4) is 0 Å². The van der Waals surface area contributed by atoms with E-state index in [1.54, 1.807) is 6.08 Å². The number of carbonyl (C=O) groups is 1. The molecule has 1 unspecified atom stereocenters. The second-order valence-electron chi connectivity index (χ2n) is 7.93. The van der Waals surface area contributed by atoms with Gasteiger partial charge in [-0.15, -0.1) is 0 Å². The largest absolute Gasteiger partial charge is 0.478 e. The molecule has 1 fully saturated rings. The van der Waals surface area contributed by atoms with Crippen LogP contribution in [0.25, 0.3) is 0 Å². The molecule has 4 heteroatoms. The Bertz CT molecular complexity index is 442. The Morgan fingerprint density at radius 3 is 2.64 bits per heavy atom. The van der Waals surface area contributed by atoms with Gasteiger partial charge >= 0.3 is 5.97 Å². The third kappa shape index (κ3) is 8.96. The lowest BCUT2D eigenvalue weighted by Crippen LogP contribution is -2.30. The van der Waals surface area contributed by atoms with Crippen LogP contribution >= 0.6 is 11.8 Å². The van der Waals surface area contributed by atoms with Crippen LogP contribution in [0.3, 0.4) is 0 Å². The number of rotatable bonds is 12. The summed E-state index contributed by atoms with van der Waals surface area (Å²) in [6.07, 6.45) is 14.1. The van der Waals surface area contributed by atoms with Gasteiger partial charge in [-0.25, -0.2) is 4.79 Å². The molecule has 1 rings (SSSR count). The van der Waals surface area contributed by atoms with E-state index in [9.17, 15) is 9.90 Å². The predicted octanol–water partition coefficient (Wildman–Crippen LogP) is 5.30. The average molecular weight is 369 g/mol. The standard InChI is InChI=1S/C21H36O3S/c1-4-5-14-21(2,3)19(22)13-12-18-16-25-15-17(18)10-8-6-7-9-11-20(23)24/h6,8-9,11,17-19,22H,4-5,7,10,12-16H2,1-3H3,(H,23,24)/b8-6?,11-9-/t17-,18+,19?/m1/s1. The minimum absolute atomic E-state index is 0.0215. The minimum Gasteiger partial charge on any atom is -0.478 e. The Hall–Kier alpha value is -0.740. The molecule has 25 heavy (non-hydrogen) atoms. The van der Waals surface area contributed by atoms with E-state index in [0.29, 0.717) is 18.3 Å². The third-order valence-electron chi connectivity index (χ3n) is 5.36. The zero-order valence-electron chi connectivity index (χ0n) is 16.1. The van der Waals surface area contributed by atoms with E-state index in [0.717, 1.165) is 25.7 Å². The average Bonchev–Trinajstić information content (AvgIpc) is 3.01. The summed E-state index contributed by atoms with van der Waals surface area (Å²) in [7, 11) is 0. The van der Waals surface area contributed by atoms with Gasteiger partial charge in [0.05, 0.1) is 6.10 Å². The number of unbranched alkanes of at least 4 members (excludes halogenated alkanes) is 1. The molecular weight excluding hydrogens is 332 g/mol. The Morgan fingerprint density at radius 1 is 1.24 bits per heavy atom. The molecule has 1 aliphatic heterocycles. The molecule has 0 spiro atoms. The molecule has 0 amide bonds. The van der Waals surface area contributed by atoms with Crippen LogP contribution in [0.1, 0.15) is 65.7 Å². The zero-order chi connectivity index (χ0) is 18.7. The van der Waals surface area contributed by atoms with Crippen LogP contribution in [0.2, 0.25) is 0 Å². The number of allylic oxidation sites excluding steroid dienone is 3. The van der Waals surface area contributed by atoms with E-state index in [1.165, 1.54) is 30.4 Å². The number of aliphatic hydroxyl groups excluding tert-OH is 1. The fraction of sp³-hybridized carbons (Fsp3) is 0.762. The van der Waals surface area contributed by atoms with Crippen LogP contribution in [0.5, 0.6) is 0 Å². The molecule has 0 bridgehead atoms. The van der Waals surface area contributed by atoms with E-state index in [2.05, 4.69) is 32.9 Å². The molecule has 0 aromatic rings. The number of thioether (sulfide) groups is 1. The number of hydrogen-bond donors (Lipinski definition) is 2. The van der Waals surface area contributed by atoms with Gasteiger partial charge in [-0.05, 0) is 60.9 Å². The molecule has 0 aromatic heterocycles. The van der Waals surface area contributed by atoms with Gasteiger partial charge < -0.3 is 10.2 Å². The van der Waals surface area contributed by atoms with Crippen molar-refractivity contribution < 1.29 is 15.0 Å². The molecule has 0 aliphatic carbocycles. The molecule has 144 valence electrons. The van der Waals surface area contributed by atoms with E-state index in [4.69, 9.17) is 5.11 Å². The molecule has 0 aromatic carbocycles. The van der Waals surface area contributed by atoms with Crippen molar-refractivity contribution >= 4 is 17.7 Å². The number of aliphatic carboxylic acids is 1. The predicted molar refractivity (Wildman–Crippen MR) is 108 cm³/mol. The van der Waals surface area contributed by atoms with E-state index >= 15 is 0 Å². The molecular formula is C21H36O3S. The van der Waals surface area contributed by atoms with E-state index < -0.39 is 5.97 Å². The van der Waals surface area contributed by atoms with Gasteiger partial charge in [0.1, 0.15) is 0 Å². The van der Waals surface area contributed by atoms with Gasteiger partial charge in [0.25, 0.3) is 0 Å². The molecule has 2 N–H and O–H groups in total. The van der Waals surface area contributed by atoms with Gasteiger partial charge in [-0.2, -0.15) is 11.8 Å². The lowest BCUT2D eigenvalue weighted by atomic mass is 9.78. The third-order valence-corrected chi connectivity index (χ3v) is 6.68. The lowest BCUT2D eigenvalue weighted by molar-refractivity contribution is -0.131. The van der Waals surface area contributed by atoms with Crippen molar-refractivity contribution in [2.75, 3.05) is 11.5 Å². The minimum atomic E-state index is -0.888. The Morgan fingerprint density at radius 2 is 1.96 bits per heavy atom. The van der Waals surface area contributed by atoms with Crippen molar-refractivity contribution in [3.63, 3.8) is 0 Å². The first-order chi connectivity index (χ1) is 11.9. The second kappa shape index (κ2) is 11.8. The van der Waals surface area contributed by atoms with Crippen LogP contribution in [-0.2, 0) is 4.79 Å². The molecule has 0 radical (unpaired) electrons. The summed E-state index contributed by atoms with van der Waals surface area (Å²) in [5, 5.41) is 19.1. The highest BCUT2D eigenvalue weighted by atomic mass is 32.2. The molecule has 1 heterocycles. The Balaban J connectivity index is 2.35. The first-order valence-corrected chi connectivity index (χ1v) is 10.8. The molecule has 1 aliphatic rings. The van der Waals surface area contributed by atoms with Crippen molar-refractivity contribution in [2.45, 2.75) is 71.8 Å². The first kappa shape index (κ1) is 22.3. The van der Waals surface area contributed by atoms with Gasteiger partial charge in [0.2, 0.25) is 0 Å². The van der Waals surface area contributed by atoms with E-state index in [1.807, 2.05) is 11.8 Å². The monoisotopic (exact) mass is 368 g/mol. The quantitative estimate of drug-likeness (QED) is 0.362. The van der Waals surface area contributed by atoms with Gasteiger partial charge in [0.15, 0.2) is 0 Å². The summed E-state index contributed by atoms with van der Waals surface area (Å²) in [6, 6.07) is 0. The van der Waals surface area contributed by atoms with Crippen LogP contribution < -0.4 is 0 Å². The molecule has 0 saturated carbocycles. The second-order valence-corrected chi connectivity index (χ2v) is 9.00. The number of aliphatic hydroxyl groups is 1. The topological polar surface area (TPSA) is 57.5 Å². The maximum absolute atomic E-state index is 10.6. The van der Waals surface area contributed by atoms with Crippen LogP contribution in [-0.4, -0.2) is 33.8 Å². The molecule has 1 saturated heterocycles. The summed E-state index contributed by atoms with van der Waals surface area (Å²) >= 11 is 2.03. The normalized spacial score (nSPS) is 22.9. The van der Waals surface area contributed by atoms with Crippen molar-refractivity contribution in [1.82, 2.24) is 0 Å². The summed E-state index contributed by atoms with van der Waals surface area (Å²) < 4.78 is 0. The maximum atomic E-state index is 10.6. The summed E-state index contributed by atoms with van der Waals surface area (Å²) in [5.41, 5.74) is 0.0215. The molecule has 3 atom stereocenters. The lowest BCUT2D eigenvalue weighted by Gasteiger charge is -2.31. The van der Waals surface area contributed by atoms with Gasteiger partial charge in [-0.3, -0.25) is 0 Å². The smallest absolute Gasteiger partial charge is 0.327 e. The summed E-state index contributed by atoms with van der Waals surface area (Å²) in [5.74, 6) is 2.91. The van der Waals surface area contributed by atoms with Crippen molar-refractivity contribution in [2.24, 2.45) is 17.3 Å². The Labute approximate surface area is 158 Å². The highest BCUT2D eigenvalue weighted by Gasteiger charge is 2.31. The number of hydrogen-bond acceptors (Lipinski definition) is 3. The summed E-state index contributed by atoms with van der Waals surface area (Å²) in [6.45, 7) is 6.59. The first-order valence-electron chi connectivity index (χ1n) is 9.67. The zero-order valence-corrected chi connectivity index (χ0v) is 16.9. The fourth-order valence-corrected chi connectivity index (χ4v) is 4.99. The maximum Gasteiger partial charge on any atom is 0.327 e. The fourth-order valence-electron chi connectivity index (χ4n) is 3.40. The summed E-state index contributed by atoms with van der Waals surface area (Å²) in [4.78, 5) is 10.4. The van der Waals surface area contributed by atoms with Gasteiger partial charge in [0, 0.05) is 6.08 Å². The van der Waals surface area contributed by atoms with Gasteiger partial charge in [-0.1, -0.05) is 51.8 Å². The van der Waals surface area contributed by atoms with Crippen LogP contribution in [0.4, 0.5) is 0 Å². The number of carboxylic acid groups (broad SMARTS) is 1.